The number of hydrazine groups is 1. The zero-order valence-corrected chi connectivity index (χ0v) is 14.4. The Morgan fingerprint density at radius 1 is 1.25 bits per heavy atom. The van der Waals surface area contributed by atoms with Gasteiger partial charge in [-0.15, -0.1) is 0 Å². The Balaban J connectivity index is 1.76. The Morgan fingerprint density at radius 2 is 1.92 bits per heavy atom. The predicted octanol–water partition coefficient (Wildman–Crippen LogP) is 1.02. The summed E-state index contributed by atoms with van der Waals surface area (Å²) in [4.78, 5) is 18.9. The Kier molecular flexibility index (Phi) is 4.80. The normalized spacial score (nSPS) is 24.9. The second kappa shape index (κ2) is 6.84. The molecule has 0 aliphatic carbocycles. The SMILES string of the molecule is CC1NNC(C)C1C(N)C(=O)N(C)Cc1ccnc2ccccc12. The molecule has 0 bridgehead atoms. The quantitative estimate of drug-likeness (QED) is 0.781. The van der Waals surface area contributed by atoms with E-state index in [0.717, 1.165) is 16.5 Å². The predicted molar refractivity (Wildman–Crippen MR) is 94.9 cm³/mol. The van der Waals surface area contributed by atoms with Gasteiger partial charge in [-0.2, -0.15) is 0 Å². The first-order valence-corrected chi connectivity index (χ1v) is 8.33. The number of hydrogen-bond acceptors (Lipinski definition) is 5. The van der Waals surface area contributed by atoms with Gasteiger partial charge in [0.05, 0.1) is 11.6 Å². The molecule has 6 heteroatoms. The van der Waals surface area contributed by atoms with Crippen molar-refractivity contribution in [3.8, 4) is 0 Å². The summed E-state index contributed by atoms with van der Waals surface area (Å²) >= 11 is 0. The van der Waals surface area contributed by atoms with Gasteiger partial charge in [-0.25, -0.2) is 0 Å². The number of pyridine rings is 1. The smallest absolute Gasteiger partial charge is 0.239 e. The molecule has 1 saturated heterocycles. The van der Waals surface area contributed by atoms with Crippen LogP contribution in [0.25, 0.3) is 10.9 Å². The zero-order valence-electron chi connectivity index (χ0n) is 14.4. The molecule has 1 fully saturated rings. The molecule has 6 nitrogen and oxygen atoms in total. The molecule has 1 aromatic carbocycles. The second-order valence-electron chi connectivity index (χ2n) is 6.65. The molecule has 1 amide bonds. The van der Waals surface area contributed by atoms with E-state index >= 15 is 0 Å². The minimum Gasteiger partial charge on any atom is -0.340 e. The minimum absolute atomic E-state index is 0.0370. The van der Waals surface area contributed by atoms with Gasteiger partial charge in [-0.3, -0.25) is 20.6 Å². The number of nitrogens with two attached hydrogens (primary N) is 1. The van der Waals surface area contributed by atoms with E-state index in [2.05, 4.69) is 15.8 Å². The van der Waals surface area contributed by atoms with Crippen LogP contribution in [0.15, 0.2) is 36.5 Å². The standard InChI is InChI=1S/C18H25N5O/c1-11-16(12(2)22-21-11)17(19)18(24)23(3)10-13-8-9-20-15-7-5-4-6-14(13)15/h4-9,11-12,16-17,21-22H,10,19H2,1-3H3. The number of hydrogen-bond donors (Lipinski definition) is 3. The lowest BCUT2D eigenvalue weighted by Gasteiger charge is -2.28. The van der Waals surface area contributed by atoms with Gasteiger partial charge >= 0.3 is 0 Å². The van der Waals surface area contributed by atoms with Crippen molar-refractivity contribution in [2.45, 2.75) is 38.5 Å². The van der Waals surface area contributed by atoms with Crippen molar-refractivity contribution in [1.82, 2.24) is 20.7 Å². The van der Waals surface area contributed by atoms with Crippen molar-refractivity contribution in [2.24, 2.45) is 11.7 Å². The maximum atomic E-state index is 12.8. The first-order valence-electron chi connectivity index (χ1n) is 8.33. The highest BCUT2D eigenvalue weighted by atomic mass is 16.2. The molecule has 2 aromatic rings. The van der Waals surface area contributed by atoms with E-state index in [1.807, 2.05) is 51.2 Å². The number of aromatic nitrogens is 1. The molecule has 1 aliphatic heterocycles. The average Bonchev–Trinajstić information content (AvgIpc) is 2.92. The van der Waals surface area contributed by atoms with Gasteiger partial charge in [0.25, 0.3) is 0 Å². The summed E-state index contributed by atoms with van der Waals surface area (Å²) in [5.41, 5.74) is 14.6. The molecular formula is C18H25N5O. The average molecular weight is 327 g/mol. The molecule has 1 aliphatic rings. The lowest BCUT2D eigenvalue weighted by atomic mass is 9.88. The Morgan fingerprint density at radius 3 is 2.62 bits per heavy atom. The molecule has 0 saturated carbocycles. The van der Waals surface area contributed by atoms with E-state index in [-0.39, 0.29) is 23.9 Å². The third kappa shape index (κ3) is 3.13. The van der Waals surface area contributed by atoms with Gasteiger partial charge in [0, 0.05) is 43.2 Å². The van der Waals surface area contributed by atoms with E-state index in [4.69, 9.17) is 5.73 Å². The highest BCUT2D eigenvalue weighted by Gasteiger charge is 2.38. The summed E-state index contributed by atoms with van der Waals surface area (Å²) in [6, 6.07) is 9.71. The molecular weight excluding hydrogens is 302 g/mol. The number of carbonyl (C=O) groups is 1. The van der Waals surface area contributed by atoms with E-state index < -0.39 is 6.04 Å². The largest absolute Gasteiger partial charge is 0.340 e. The van der Waals surface area contributed by atoms with Crippen LogP contribution in [0.2, 0.25) is 0 Å². The first-order chi connectivity index (χ1) is 11.5. The van der Waals surface area contributed by atoms with E-state index in [1.165, 1.54) is 0 Å². The third-order valence-electron chi connectivity index (χ3n) is 4.92. The monoisotopic (exact) mass is 327 g/mol. The van der Waals surface area contributed by atoms with Crippen LogP contribution in [0.5, 0.6) is 0 Å². The van der Waals surface area contributed by atoms with Crippen LogP contribution in [0.1, 0.15) is 19.4 Å². The van der Waals surface area contributed by atoms with Gasteiger partial charge < -0.3 is 10.6 Å². The molecule has 3 unspecified atom stereocenters. The van der Waals surface area contributed by atoms with Crippen LogP contribution in [-0.2, 0) is 11.3 Å². The van der Waals surface area contributed by atoms with Crippen LogP contribution in [0, 0.1) is 5.92 Å². The number of likely N-dealkylation sites (N-methyl/N-ethyl adjacent to an activating group) is 1. The number of amides is 1. The van der Waals surface area contributed by atoms with Crippen LogP contribution in [-0.4, -0.2) is 41.0 Å². The van der Waals surface area contributed by atoms with Crippen molar-refractivity contribution in [3.05, 3.63) is 42.1 Å². The topological polar surface area (TPSA) is 83.3 Å². The number of benzene rings is 1. The summed E-state index contributed by atoms with van der Waals surface area (Å²) in [5, 5.41) is 1.07. The Labute approximate surface area is 142 Å². The minimum atomic E-state index is -0.532. The summed E-state index contributed by atoms with van der Waals surface area (Å²) in [6.07, 6.45) is 1.78. The van der Waals surface area contributed by atoms with Crippen molar-refractivity contribution >= 4 is 16.8 Å². The van der Waals surface area contributed by atoms with Crippen LogP contribution < -0.4 is 16.6 Å². The number of nitrogens with one attached hydrogen (secondary N) is 2. The lowest BCUT2D eigenvalue weighted by Crippen LogP contribution is -2.51. The van der Waals surface area contributed by atoms with Gasteiger partial charge in [-0.05, 0) is 31.5 Å². The third-order valence-corrected chi connectivity index (χ3v) is 4.92. The van der Waals surface area contributed by atoms with Gasteiger partial charge in [0.1, 0.15) is 0 Å². The van der Waals surface area contributed by atoms with Gasteiger partial charge in [0.2, 0.25) is 5.91 Å². The summed E-state index contributed by atoms with van der Waals surface area (Å²) in [7, 11) is 1.81. The number of para-hydroxylation sites is 1. The van der Waals surface area contributed by atoms with Crippen molar-refractivity contribution in [2.75, 3.05) is 7.05 Å². The molecule has 3 atom stereocenters. The maximum Gasteiger partial charge on any atom is 0.239 e. The van der Waals surface area contributed by atoms with Crippen LogP contribution >= 0.6 is 0 Å². The fraction of sp³-hybridized carbons (Fsp3) is 0.444. The van der Waals surface area contributed by atoms with Crippen molar-refractivity contribution < 1.29 is 4.79 Å². The van der Waals surface area contributed by atoms with Crippen molar-refractivity contribution in [3.63, 3.8) is 0 Å². The van der Waals surface area contributed by atoms with Gasteiger partial charge in [-0.1, -0.05) is 18.2 Å². The van der Waals surface area contributed by atoms with Gasteiger partial charge in [0.15, 0.2) is 0 Å². The molecule has 128 valence electrons. The zero-order chi connectivity index (χ0) is 17.3. The van der Waals surface area contributed by atoms with E-state index in [1.54, 1.807) is 11.1 Å². The fourth-order valence-electron chi connectivity index (χ4n) is 3.56. The number of fused-ring (bicyclic) bond motifs is 1. The number of nitrogens with zero attached hydrogens (tertiary/aromatic N) is 2. The first kappa shape index (κ1) is 16.8. The molecule has 24 heavy (non-hydrogen) atoms. The molecule has 2 heterocycles. The molecule has 0 radical (unpaired) electrons. The summed E-state index contributed by atoms with van der Waals surface area (Å²) in [6.45, 7) is 4.61. The number of carbonyl (C=O) groups excluding carboxylic acids is 1. The Bertz CT molecular complexity index is 719. The highest BCUT2D eigenvalue weighted by Crippen LogP contribution is 2.21. The second-order valence-corrected chi connectivity index (χ2v) is 6.65. The van der Waals surface area contributed by atoms with Crippen LogP contribution in [0.3, 0.4) is 0 Å². The lowest BCUT2D eigenvalue weighted by molar-refractivity contribution is -0.133. The Hall–Kier alpha value is -2.02. The van der Waals surface area contributed by atoms with E-state index in [9.17, 15) is 4.79 Å². The number of rotatable bonds is 4. The molecule has 0 spiro atoms. The molecule has 3 rings (SSSR count). The highest BCUT2D eigenvalue weighted by molar-refractivity contribution is 5.84. The maximum absolute atomic E-state index is 12.8. The van der Waals surface area contributed by atoms with Crippen molar-refractivity contribution in [1.29, 1.82) is 0 Å². The molecule has 1 aromatic heterocycles. The molecule has 4 N–H and O–H groups in total. The van der Waals surface area contributed by atoms with E-state index in [0.29, 0.717) is 6.54 Å². The van der Waals surface area contributed by atoms with Crippen LogP contribution in [0.4, 0.5) is 0 Å². The summed E-state index contributed by atoms with van der Waals surface area (Å²) < 4.78 is 0. The fourth-order valence-corrected chi connectivity index (χ4v) is 3.56. The summed E-state index contributed by atoms with van der Waals surface area (Å²) in [5.74, 6) is 0.0271.